The zero-order valence-electron chi connectivity index (χ0n) is 9.56. The average Bonchev–Trinajstić information content (AvgIpc) is 2.30. The summed E-state index contributed by atoms with van der Waals surface area (Å²) in [4.78, 5) is -0.411. The van der Waals surface area contributed by atoms with E-state index in [1.807, 2.05) is 0 Å². The molecule has 0 aromatic heterocycles. The Morgan fingerprint density at radius 1 is 1.39 bits per heavy atom. The minimum atomic E-state index is -3.99. The van der Waals surface area contributed by atoms with Crippen LogP contribution in [0, 0.1) is 11.6 Å². The van der Waals surface area contributed by atoms with Crippen molar-refractivity contribution >= 4 is 10.0 Å². The maximum Gasteiger partial charge on any atom is 0.240 e. The number of hydrogen-bond acceptors (Lipinski definition) is 4. The van der Waals surface area contributed by atoms with Crippen LogP contribution < -0.4 is 4.72 Å². The van der Waals surface area contributed by atoms with Crippen molar-refractivity contribution in [3.05, 3.63) is 29.8 Å². The van der Waals surface area contributed by atoms with Crippen molar-refractivity contribution in [3.8, 4) is 0 Å². The van der Waals surface area contributed by atoms with Gasteiger partial charge in [0.25, 0.3) is 0 Å². The van der Waals surface area contributed by atoms with Gasteiger partial charge in [0, 0.05) is 13.7 Å². The van der Waals surface area contributed by atoms with Gasteiger partial charge in [-0.1, -0.05) is 0 Å². The molecule has 1 aromatic rings. The minimum Gasteiger partial charge on any atom is -0.389 e. The van der Waals surface area contributed by atoms with Gasteiger partial charge in [-0.2, -0.15) is 0 Å². The Morgan fingerprint density at radius 2 is 2.06 bits per heavy atom. The molecule has 0 saturated heterocycles. The quantitative estimate of drug-likeness (QED) is 0.784. The van der Waals surface area contributed by atoms with Crippen molar-refractivity contribution in [3.63, 3.8) is 0 Å². The maximum atomic E-state index is 12.9. The second-order valence-corrected chi connectivity index (χ2v) is 5.30. The molecule has 0 aliphatic heterocycles. The lowest BCUT2D eigenvalue weighted by Gasteiger charge is -2.11. The normalized spacial score (nSPS) is 13.6. The summed E-state index contributed by atoms with van der Waals surface area (Å²) in [6.45, 7) is -0.324. The van der Waals surface area contributed by atoms with E-state index in [0.717, 1.165) is 12.1 Å². The lowest BCUT2D eigenvalue weighted by molar-refractivity contribution is 0.0679. The van der Waals surface area contributed by atoms with Crippen molar-refractivity contribution in [1.29, 1.82) is 0 Å². The van der Waals surface area contributed by atoms with Crippen LogP contribution in [0.3, 0.4) is 0 Å². The lowest BCUT2D eigenvalue weighted by Crippen LogP contribution is -2.34. The van der Waals surface area contributed by atoms with Crippen LogP contribution in [0.5, 0.6) is 0 Å². The molecule has 2 N–H and O–H groups in total. The number of rotatable bonds is 6. The first-order chi connectivity index (χ1) is 8.36. The van der Waals surface area contributed by atoms with Crippen LogP contribution in [0.15, 0.2) is 23.1 Å². The first-order valence-corrected chi connectivity index (χ1v) is 6.47. The summed E-state index contributed by atoms with van der Waals surface area (Å²) in [6, 6.07) is 2.22. The zero-order chi connectivity index (χ0) is 13.8. The van der Waals surface area contributed by atoms with Crippen LogP contribution in [0.2, 0.25) is 0 Å². The Morgan fingerprint density at radius 3 is 2.61 bits per heavy atom. The highest BCUT2D eigenvalue weighted by Crippen LogP contribution is 2.13. The summed E-state index contributed by atoms with van der Waals surface area (Å²) in [5.41, 5.74) is 0. The number of nitrogens with one attached hydrogen (secondary N) is 1. The van der Waals surface area contributed by atoms with E-state index in [0.29, 0.717) is 6.07 Å². The summed E-state index contributed by atoms with van der Waals surface area (Å²) in [6.07, 6.45) is -1.02. The molecule has 0 amide bonds. The summed E-state index contributed by atoms with van der Waals surface area (Å²) < 4.78 is 55.5. The number of aliphatic hydroxyl groups excluding tert-OH is 1. The highest BCUT2D eigenvalue weighted by atomic mass is 32.2. The number of methoxy groups -OCH3 is 1. The largest absolute Gasteiger partial charge is 0.389 e. The van der Waals surface area contributed by atoms with Gasteiger partial charge in [-0.3, -0.25) is 0 Å². The van der Waals surface area contributed by atoms with Crippen LogP contribution >= 0.6 is 0 Å². The Bertz CT molecular complexity index is 507. The molecule has 1 rings (SSSR count). The monoisotopic (exact) mass is 281 g/mol. The molecular formula is C10H13F2NO4S. The number of sulfonamides is 1. The molecule has 0 heterocycles. The van der Waals surface area contributed by atoms with Crippen molar-refractivity contribution in [2.75, 3.05) is 20.3 Å². The standard InChI is InChI=1S/C10H13F2NO4S/c1-17-6-7(14)5-13-18(15,16)8-2-3-9(11)10(12)4-8/h2-4,7,13-14H,5-6H2,1H3. The second-order valence-electron chi connectivity index (χ2n) is 3.54. The van der Waals surface area contributed by atoms with Gasteiger partial charge >= 0.3 is 0 Å². The smallest absolute Gasteiger partial charge is 0.240 e. The van der Waals surface area contributed by atoms with Gasteiger partial charge in [0.15, 0.2) is 11.6 Å². The van der Waals surface area contributed by atoms with Crippen LogP contribution in [0.1, 0.15) is 0 Å². The number of aliphatic hydroxyl groups is 1. The molecule has 1 unspecified atom stereocenters. The zero-order valence-corrected chi connectivity index (χ0v) is 10.4. The SMILES string of the molecule is COCC(O)CNS(=O)(=O)c1ccc(F)c(F)c1. The first kappa shape index (κ1) is 15.0. The Hall–Kier alpha value is -1.09. The molecule has 102 valence electrons. The average molecular weight is 281 g/mol. The third-order valence-corrected chi connectivity index (χ3v) is 3.49. The van der Waals surface area contributed by atoms with E-state index in [4.69, 9.17) is 0 Å². The molecular weight excluding hydrogens is 268 g/mol. The molecule has 0 aliphatic carbocycles. The molecule has 0 radical (unpaired) electrons. The lowest BCUT2D eigenvalue weighted by atomic mass is 10.3. The molecule has 8 heteroatoms. The van der Waals surface area contributed by atoms with Gasteiger partial charge in [0.05, 0.1) is 17.6 Å². The molecule has 0 bridgehead atoms. The van der Waals surface area contributed by atoms with Crippen LogP contribution in [0.25, 0.3) is 0 Å². The summed E-state index contributed by atoms with van der Waals surface area (Å²) >= 11 is 0. The van der Waals surface area contributed by atoms with E-state index >= 15 is 0 Å². The van der Waals surface area contributed by atoms with E-state index < -0.39 is 32.7 Å². The van der Waals surface area contributed by atoms with Gasteiger partial charge < -0.3 is 9.84 Å². The third-order valence-electron chi connectivity index (χ3n) is 2.07. The van der Waals surface area contributed by atoms with Crippen LogP contribution in [0.4, 0.5) is 8.78 Å². The minimum absolute atomic E-state index is 0.0414. The maximum absolute atomic E-state index is 12.9. The van der Waals surface area contributed by atoms with Crippen molar-refractivity contribution in [2.24, 2.45) is 0 Å². The van der Waals surface area contributed by atoms with E-state index in [9.17, 15) is 22.3 Å². The predicted octanol–water partition coefficient (Wildman–Crippen LogP) is 0.250. The summed E-state index contributed by atoms with van der Waals surface area (Å²) in [5, 5.41) is 9.27. The molecule has 0 saturated carbocycles. The number of benzene rings is 1. The van der Waals surface area contributed by atoms with Crippen LogP contribution in [-0.2, 0) is 14.8 Å². The van der Waals surface area contributed by atoms with Gasteiger partial charge in [-0.25, -0.2) is 21.9 Å². The molecule has 1 atom stereocenters. The van der Waals surface area contributed by atoms with E-state index in [-0.39, 0.29) is 13.2 Å². The Kier molecular flexibility index (Phi) is 5.15. The van der Waals surface area contributed by atoms with Crippen molar-refractivity contribution in [1.82, 2.24) is 4.72 Å². The molecule has 18 heavy (non-hydrogen) atoms. The van der Waals surface area contributed by atoms with Crippen molar-refractivity contribution in [2.45, 2.75) is 11.0 Å². The summed E-state index contributed by atoms with van der Waals surface area (Å²) in [5.74, 6) is -2.39. The van der Waals surface area contributed by atoms with E-state index in [1.165, 1.54) is 7.11 Å². The fourth-order valence-electron chi connectivity index (χ4n) is 1.18. The second kappa shape index (κ2) is 6.19. The Labute approximate surface area is 103 Å². The molecule has 0 aliphatic rings. The number of halogens is 2. The van der Waals surface area contributed by atoms with Gasteiger partial charge in [0.2, 0.25) is 10.0 Å². The van der Waals surface area contributed by atoms with Gasteiger partial charge in [-0.05, 0) is 18.2 Å². The van der Waals surface area contributed by atoms with E-state index in [1.54, 1.807) is 0 Å². The Balaban J connectivity index is 2.77. The molecule has 5 nitrogen and oxygen atoms in total. The topological polar surface area (TPSA) is 75.6 Å². The van der Waals surface area contributed by atoms with Crippen LogP contribution in [-0.4, -0.2) is 39.9 Å². The van der Waals surface area contributed by atoms with Gasteiger partial charge in [-0.15, -0.1) is 0 Å². The summed E-state index contributed by atoms with van der Waals surface area (Å²) in [7, 11) is -2.63. The third kappa shape index (κ3) is 3.98. The fourth-order valence-corrected chi connectivity index (χ4v) is 2.27. The molecule has 0 spiro atoms. The molecule has 1 aromatic carbocycles. The molecule has 0 fully saturated rings. The number of ether oxygens (including phenoxy) is 1. The first-order valence-electron chi connectivity index (χ1n) is 4.98. The fraction of sp³-hybridized carbons (Fsp3) is 0.400. The highest BCUT2D eigenvalue weighted by Gasteiger charge is 2.17. The van der Waals surface area contributed by atoms with E-state index in [2.05, 4.69) is 9.46 Å². The number of hydrogen-bond donors (Lipinski definition) is 2. The van der Waals surface area contributed by atoms with Crippen molar-refractivity contribution < 1.29 is 27.0 Å². The van der Waals surface area contributed by atoms with Gasteiger partial charge in [0.1, 0.15) is 0 Å². The highest BCUT2D eigenvalue weighted by molar-refractivity contribution is 7.89. The predicted molar refractivity (Wildman–Crippen MR) is 59.4 cm³/mol.